The maximum atomic E-state index is 12.1. The molecular weight excluding hydrogens is 388 g/mol. The lowest BCUT2D eigenvalue weighted by molar-refractivity contribution is 0.316. The summed E-state index contributed by atoms with van der Waals surface area (Å²) in [6.07, 6.45) is 7.28. The van der Waals surface area contributed by atoms with E-state index in [4.69, 9.17) is 0 Å². The Morgan fingerprint density at radius 3 is 2.66 bits per heavy atom. The van der Waals surface area contributed by atoms with E-state index in [2.05, 4.69) is 30.2 Å². The summed E-state index contributed by atoms with van der Waals surface area (Å²) in [5.41, 5.74) is 0. The first kappa shape index (κ1) is 21.8. The number of nitrogens with zero attached hydrogens (tertiary/aromatic N) is 3. The van der Waals surface area contributed by atoms with E-state index >= 15 is 0 Å². The number of rotatable bonds is 9. The average molecular weight is 423 g/mol. The largest absolute Gasteiger partial charge is 0.357 e. The first-order valence-electron chi connectivity index (χ1n) is 10.7. The number of hydrogen-bond donors (Lipinski definition) is 3. The van der Waals surface area contributed by atoms with Gasteiger partial charge in [-0.15, -0.1) is 0 Å². The predicted octanol–water partition coefficient (Wildman–Crippen LogP) is 1.33. The third-order valence-electron chi connectivity index (χ3n) is 5.60. The van der Waals surface area contributed by atoms with Gasteiger partial charge in [0.05, 0.1) is 12.3 Å². The van der Waals surface area contributed by atoms with Crippen molar-refractivity contribution < 1.29 is 8.42 Å². The minimum absolute atomic E-state index is 0.0222. The zero-order valence-corrected chi connectivity index (χ0v) is 18.1. The molecule has 9 heteroatoms. The predicted molar refractivity (Wildman–Crippen MR) is 118 cm³/mol. The van der Waals surface area contributed by atoms with Crippen molar-refractivity contribution in [3.63, 3.8) is 0 Å². The number of piperidine rings is 1. The fourth-order valence-corrected chi connectivity index (χ4v) is 4.56. The van der Waals surface area contributed by atoms with E-state index in [9.17, 15) is 8.42 Å². The molecule has 1 aromatic rings. The van der Waals surface area contributed by atoms with E-state index in [1.54, 1.807) is 0 Å². The van der Waals surface area contributed by atoms with Crippen LogP contribution in [0.15, 0.2) is 29.4 Å². The summed E-state index contributed by atoms with van der Waals surface area (Å²) in [6, 6.07) is 6.30. The molecule has 8 nitrogen and oxygen atoms in total. The minimum atomic E-state index is -3.26. The molecule has 0 unspecified atom stereocenters. The van der Waals surface area contributed by atoms with Crippen LogP contribution in [0.25, 0.3) is 0 Å². The first-order chi connectivity index (χ1) is 14.1. The molecule has 0 bridgehead atoms. The van der Waals surface area contributed by atoms with Crippen LogP contribution >= 0.6 is 0 Å². The number of anilines is 1. The van der Waals surface area contributed by atoms with Gasteiger partial charge in [-0.25, -0.2) is 18.1 Å². The van der Waals surface area contributed by atoms with E-state index in [-0.39, 0.29) is 12.3 Å². The molecule has 29 heavy (non-hydrogen) atoms. The van der Waals surface area contributed by atoms with Crippen molar-refractivity contribution in [1.82, 2.24) is 20.3 Å². The number of aliphatic imine (C=N–C) groups is 1. The van der Waals surface area contributed by atoms with Crippen molar-refractivity contribution in [3.05, 3.63) is 24.4 Å². The van der Waals surface area contributed by atoms with Crippen LogP contribution in [0, 0.1) is 5.92 Å². The fraction of sp³-hybridized carbons (Fsp3) is 0.700. The normalized spacial score (nSPS) is 19.1. The van der Waals surface area contributed by atoms with Crippen molar-refractivity contribution in [2.45, 2.75) is 45.1 Å². The Labute approximate surface area is 174 Å². The minimum Gasteiger partial charge on any atom is -0.357 e. The molecule has 2 fully saturated rings. The monoisotopic (exact) mass is 422 g/mol. The van der Waals surface area contributed by atoms with Crippen molar-refractivity contribution in [2.24, 2.45) is 10.9 Å². The highest BCUT2D eigenvalue weighted by Crippen LogP contribution is 2.25. The molecule has 2 aliphatic rings. The smallest absolute Gasteiger partial charge is 0.213 e. The number of hydrogen-bond acceptors (Lipinski definition) is 5. The van der Waals surface area contributed by atoms with Crippen LogP contribution in [0.2, 0.25) is 0 Å². The molecule has 0 amide bonds. The summed E-state index contributed by atoms with van der Waals surface area (Å²) in [5, 5.41) is 6.69. The lowest BCUT2D eigenvalue weighted by Crippen LogP contribution is -2.49. The van der Waals surface area contributed by atoms with Crippen LogP contribution < -0.4 is 20.3 Å². The van der Waals surface area contributed by atoms with Gasteiger partial charge in [0, 0.05) is 38.4 Å². The Kier molecular flexibility index (Phi) is 8.11. The molecule has 1 aromatic heterocycles. The summed E-state index contributed by atoms with van der Waals surface area (Å²) in [6.45, 7) is 5.45. The quantitative estimate of drug-likeness (QED) is 0.410. The van der Waals surface area contributed by atoms with Crippen LogP contribution in [-0.2, 0) is 10.0 Å². The molecule has 3 rings (SSSR count). The van der Waals surface area contributed by atoms with Gasteiger partial charge in [-0.1, -0.05) is 12.5 Å². The average Bonchev–Trinajstić information content (AvgIpc) is 2.68. The van der Waals surface area contributed by atoms with Gasteiger partial charge in [0.25, 0.3) is 0 Å². The van der Waals surface area contributed by atoms with Gasteiger partial charge >= 0.3 is 0 Å². The van der Waals surface area contributed by atoms with E-state index in [1.165, 1.54) is 6.42 Å². The zero-order valence-electron chi connectivity index (χ0n) is 17.3. The summed E-state index contributed by atoms with van der Waals surface area (Å²) >= 11 is 0. The van der Waals surface area contributed by atoms with Crippen LogP contribution in [0.5, 0.6) is 0 Å². The molecule has 2 heterocycles. The van der Waals surface area contributed by atoms with Gasteiger partial charge in [0.2, 0.25) is 10.0 Å². The Bertz CT molecular complexity index is 743. The molecule has 1 saturated heterocycles. The summed E-state index contributed by atoms with van der Waals surface area (Å²) in [5.74, 6) is 2.25. The molecule has 1 saturated carbocycles. The Balaban J connectivity index is 1.43. The van der Waals surface area contributed by atoms with Gasteiger partial charge in [-0.05, 0) is 50.7 Å². The van der Waals surface area contributed by atoms with E-state index in [1.807, 2.05) is 31.3 Å². The zero-order chi connectivity index (χ0) is 20.5. The van der Waals surface area contributed by atoms with Crippen molar-refractivity contribution in [2.75, 3.05) is 43.4 Å². The number of guanidine groups is 1. The lowest BCUT2D eigenvalue weighted by Gasteiger charge is -2.33. The first-order valence-corrected chi connectivity index (χ1v) is 12.4. The van der Waals surface area contributed by atoms with Crippen LogP contribution in [0.1, 0.15) is 39.0 Å². The summed E-state index contributed by atoms with van der Waals surface area (Å²) in [4.78, 5) is 11.2. The highest BCUT2D eigenvalue weighted by molar-refractivity contribution is 7.89. The van der Waals surface area contributed by atoms with E-state index < -0.39 is 10.0 Å². The maximum absolute atomic E-state index is 12.1. The van der Waals surface area contributed by atoms with E-state index in [0.29, 0.717) is 24.5 Å². The van der Waals surface area contributed by atoms with E-state index in [0.717, 1.165) is 51.1 Å². The van der Waals surface area contributed by atoms with Crippen molar-refractivity contribution >= 4 is 21.8 Å². The lowest BCUT2D eigenvalue weighted by atomic mass is 9.86. The summed E-state index contributed by atoms with van der Waals surface area (Å²) in [7, 11) is -3.26. The highest BCUT2D eigenvalue weighted by atomic mass is 32.2. The fourth-order valence-electron chi connectivity index (χ4n) is 3.60. The molecular formula is C20H34N6O2S. The Hall–Kier alpha value is -1.87. The van der Waals surface area contributed by atoms with Gasteiger partial charge in [0.15, 0.2) is 5.96 Å². The van der Waals surface area contributed by atoms with Gasteiger partial charge < -0.3 is 15.5 Å². The highest BCUT2D eigenvalue weighted by Gasteiger charge is 2.22. The van der Waals surface area contributed by atoms with Gasteiger partial charge in [-0.2, -0.15) is 0 Å². The number of pyridine rings is 1. The molecule has 0 spiro atoms. The molecule has 0 radical (unpaired) electrons. The maximum Gasteiger partial charge on any atom is 0.213 e. The Morgan fingerprint density at radius 1 is 1.24 bits per heavy atom. The second-order valence-corrected chi connectivity index (χ2v) is 9.74. The van der Waals surface area contributed by atoms with Crippen molar-refractivity contribution in [3.8, 4) is 0 Å². The third kappa shape index (κ3) is 7.15. The van der Waals surface area contributed by atoms with Gasteiger partial charge in [0.1, 0.15) is 5.82 Å². The molecule has 1 aliphatic carbocycles. The van der Waals surface area contributed by atoms with Gasteiger partial charge in [-0.3, -0.25) is 4.99 Å². The topological polar surface area (TPSA) is 98.7 Å². The Morgan fingerprint density at radius 2 is 2.03 bits per heavy atom. The van der Waals surface area contributed by atoms with Crippen LogP contribution in [-0.4, -0.2) is 63.9 Å². The molecule has 3 N–H and O–H groups in total. The molecule has 162 valence electrons. The molecule has 0 aromatic carbocycles. The second kappa shape index (κ2) is 10.8. The third-order valence-corrected chi connectivity index (χ3v) is 6.93. The number of aromatic nitrogens is 1. The number of nitrogens with one attached hydrogen (secondary N) is 3. The molecule has 1 aliphatic heterocycles. The van der Waals surface area contributed by atoms with Crippen LogP contribution in [0.4, 0.5) is 5.82 Å². The van der Waals surface area contributed by atoms with Crippen molar-refractivity contribution in [1.29, 1.82) is 0 Å². The SMILES string of the molecule is CCNC(=NCCS(=O)(=O)NCC1CCC1)NC1CCN(c2ccccn2)CC1. The second-order valence-electron chi connectivity index (χ2n) is 7.82. The van der Waals surface area contributed by atoms with Crippen LogP contribution in [0.3, 0.4) is 0 Å². The summed E-state index contributed by atoms with van der Waals surface area (Å²) < 4.78 is 27.0. The standard InChI is InChI=1S/C20H34N6O2S/c1-2-21-20(23-12-15-29(27,28)24-16-17-6-5-7-17)25-18-9-13-26(14-10-18)19-8-3-4-11-22-19/h3-4,8,11,17-18,24H,2,5-7,9-10,12-16H2,1H3,(H2,21,23,25). The number of sulfonamides is 1. The molecule has 0 atom stereocenters.